The fourth-order valence-electron chi connectivity index (χ4n) is 1.10. The van der Waals surface area contributed by atoms with E-state index in [4.69, 9.17) is 5.26 Å². The molecular weight excluding hydrogens is 372 g/mol. The van der Waals surface area contributed by atoms with Crippen molar-refractivity contribution in [3.05, 3.63) is 26.6 Å². The number of hydrogen-bond donors (Lipinski definition) is 1. The van der Waals surface area contributed by atoms with Crippen LogP contribution in [0, 0.1) is 18.3 Å². The van der Waals surface area contributed by atoms with Crippen molar-refractivity contribution in [2.75, 3.05) is 4.72 Å². The van der Waals surface area contributed by atoms with Gasteiger partial charge in [-0.1, -0.05) is 0 Å². The van der Waals surface area contributed by atoms with Crippen LogP contribution in [0.4, 0.5) is 5.69 Å². The molecule has 0 aliphatic carbocycles. The van der Waals surface area contributed by atoms with Crippen molar-refractivity contribution >= 4 is 47.6 Å². The van der Waals surface area contributed by atoms with Crippen LogP contribution in [0.3, 0.4) is 0 Å². The molecule has 1 aromatic rings. The molecule has 0 saturated heterocycles. The summed E-state index contributed by atoms with van der Waals surface area (Å²) in [6, 6.07) is 5.28. The van der Waals surface area contributed by atoms with Gasteiger partial charge in [0.05, 0.1) is 11.8 Å². The van der Waals surface area contributed by atoms with E-state index < -0.39 is 15.3 Å². The van der Waals surface area contributed by atoms with Crippen LogP contribution in [0.5, 0.6) is 0 Å². The molecule has 0 fully saturated rings. The highest BCUT2D eigenvalue weighted by atomic mass is 79.9. The van der Waals surface area contributed by atoms with Gasteiger partial charge < -0.3 is 0 Å². The summed E-state index contributed by atoms with van der Waals surface area (Å²) in [6.07, 6.45) is 0. The fraction of sp³-hybridized carbons (Fsp3) is 0.300. The molecule has 0 amide bonds. The van der Waals surface area contributed by atoms with E-state index in [1.807, 2.05) is 6.92 Å². The second-order valence-electron chi connectivity index (χ2n) is 3.52. The normalized spacial score (nSPS) is 12.9. The van der Waals surface area contributed by atoms with Gasteiger partial charge in [-0.25, -0.2) is 8.42 Å². The minimum absolute atomic E-state index is 0.401. The van der Waals surface area contributed by atoms with E-state index in [9.17, 15) is 8.42 Å². The summed E-state index contributed by atoms with van der Waals surface area (Å²) in [5, 5.41) is 7.53. The van der Waals surface area contributed by atoms with E-state index in [1.54, 1.807) is 18.2 Å². The summed E-state index contributed by atoms with van der Waals surface area (Å²) in [4.78, 5) is 0. The first-order valence-corrected chi connectivity index (χ1v) is 7.78. The maximum atomic E-state index is 11.7. The molecular formula is C10H10Br2N2O2S. The molecule has 4 nitrogen and oxygen atoms in total. The molecule has 0 aliphatic rings. The highest BCUT2D eigenvalue weighted by Gasteiger charge is 2.22. The van der Waals surface area contributed by atoms with Crippen molar-refractivity contribution in [2.45, 2.75) is 19.1 Å². The fourth-order valence-corrected chi connectivity index (χ4v) is 3.79. The summed E-state index contributed by atoms with van der Waals surface area (Å²) in [6.45, 7) is 3.23. The number of anilines is 1. The lowest BCUT2D eigenvalue weighted by atomic mass is 10.2. The molecule has 92 valence electrons. The zero-order valence-electron chi connectivity index (χ0n) is 9.16. The third kappa shape index (κ3) is 3.44. The Labute approximate surface area is 117 Å². The smallest absolute Gasteiger partial charge is 0.248 e. The van der Waals surface area contributed by atoms with Gasteiger partial charge in [0.15, 0.2) is 5.25 Å². The second kappa shape index (κ2) is 5.38. The number of halogens is 2. The summed E-state index contributed by atoms with van der Waals surface area (Å²) in [7, 11) is -3.69. The Bertz CT molecular complexity index is 555. The average Bonchev–Trinajstić information content (AvgIpc) is 2.22. The van der Waals surface area contributed by atoms with Crippen molar-refractivity contribution in [1.29, 1.82) is 5.26 Å². The van der Waals surface area contributed by atoms with Crippen LogP contribution in [0.1, 0.15) is 12.5 Å². The third-order valence-corrected chi connectivity index (χ3v) is 4.85. The third-order valence-electron chi connectivity index (χ3n) is 2.08. The molecule has 0 heterocycles. The van der Waals surface area contributed by atoms with E-state index in [-0.39, 0.29) is 0 Å². The molecule has 17 heavy (non-hydrogen) atoms. The maximum Gasteiger partial charge on any atom is 0.248 e. The Morgan fingerprint density at radius 2 is 1.82 bits per heavy atom. The second-order valence-corrected chi connectivity index (χ2v) is 7.23. The predicted molar refractivity (Wildman–Crippen MR) is 74.2 cm³/mol. The Morgan fingerprint density at radius 3 is 2.24 bits per heavy atom. The first-order valence-electron chi connectivity index (χ1n) is 4.65. The van der Waals surface area contributed by atoms with Crippen LogP contribution >= 0.6 is 31.9 Å². The first kappa shape index (κ1) is 14.5. The van der Waals surface area contributed by atoms with Crippen LogP contribution in [0.25, 0.3) is 0 Å². The zero-order chi connectivity index (χ0) is 13.2. The molecule has 0 aliphatic heterocycles. The van der Waals surface area contributed by atoms with Crippen LogP contribution < -0.4 is 4.72 Å². The summed E-state index contributed by atoms with van der Waals surface area (Å²) in [5.41, 5.74) is 1.39. The molecule has 1 N–H and O–H groups in total. The maximum absolute atomic E-state index is 11.7. The summed E-state index contributed by atoms with van der Waals surface area (Å²) < 4.78 is 27.1. The molecule has 7 heteroatoms. The average molecular weight is 382 g/mol. The number of rotatable bonds is 3. The summed E-state index contributed by atoms with van der Waals surface area (Å²) >= 11 is 6.56. The van der Waals surface area contributed by atoms with Gasteiger partial charge >= 0.3 is 0 Å². The van der Waals surface area contributed by atoms with Gasteiger partial charge in [-0.05, 0) is 63.4 Å². The number of nitriles is 1. The predicted octanol–water partition coefficient (Wildman–Crippen LogP) is 3.17. The Morgan fingerprint density at radius 1 is 1.35 bits per heavy atom. The van der Waals surface area contributed by atoms with Gasteiger partial charge in [0, 0.05) is 8.95 Å². The van der Waals surface area contributed by atoms with Gasteiger partial charge in [-0.3, -0.25) is 4.72 Å². The molecule has 1 rings (SSSR count). The topological polar surface area (TPSA) is 70.0 Å². The minimum atomic E-state index is -3.69. The molecule has 0 radical (unpaired) electrons. The molecule has 1 unspecified atom stereocenters. The van der Waals surface area contributed by atoms with Crippen molar-refractivity contribution in [3.63, 3.8) is 0 Å². The number of benzene rings is 1. The molecule has 0 saturated carbocycles. The van der Waals surface area contributed by atoms with Gasteiger partial charge in [0.1, 0.15) is 0 Å². The molecule has 1 atom stereocenters. The quantitative estimate of drug-likeness (QED) is 0.873. The number of hydrogen-bond acceptors (Lipinski definition) is 3. The SMILES string of the molecule is Cc1cc(Br)c(NS(=O)(=O)C(C)C#N)c(Br)c1. The number of aryl methyl sites for hydroxylation is 1. The van der Waals surface area contributed by atoms with Crippen molar-refractivity contribution in [3.8, 4) is 6.07 Å². The van der Waals surface area contributed by atoms with E-state index in [2.05, 4.69) is 36.6 Å². The van der Waals surface area contributed by atoms with E-state index >= 15 is 0 Å². The highest BCUT2D eigenvalue weighted by molar-refractivity contribution is 9.11. The molecule has 0 bridgehead atoms. The van der Waals surface area contributed by atoms with Crippen molar-refractivity contribution in [1.82, 2.24) is 0 Å². The molecule has 0 aromatic heterocycles. The van der Waals surface area contributed by atoms with E-state index in [1.165, 1.54) is 6.92 Å². The Balaban J connectivity index is 3.18. The minimum Gasteiger partial charge on any atom is -0.280 e. The monoisotopic (exact) mass is 380 g/mol. The number of nitrogens with zero attached hydrogens (tertiary/aromatic N) is 1. The van der Waals surface area contributed by atoms with Crippen LogP contribution in [0.2, 0.25) is 0 Å². The Hall–Kier alpha value is -0.580. The van der Waals surface area contributed by atoms with Gasteiger partial charge in [-0.2, -0.15) is 5.26 Å². The standard InChI is InChI=1S/C10H10Br2N2O2S/c1-6-3-8(11)10(9(12)4-6)14-17(15,16)7(2)5-13/h3-4,7,14H,1-2H3. The highest BCUT2D eigenvalue weighted by Crippen LogP contribution is 2.33. The Kier molecular flexibility index (Phi) is 4.58. The lowest BCUT2D eigenvalue weighted by Gasteiger charge is -2.13. The van der Waals surface area contributed by atoms with E-state index in [0.29, 0.717) is 14.6 Å². The lowest BCUT2D eigenvalue weighted by molar-refractivity contribution is 0.597. The van der Waals surface area contributed by atoms with Gasteiger partial charge in [-0.15, -0.1) is 0 Å². The first-order chi connectivity index (χ1) is 7.77. The van der Waals surface area contributed by atoms with E-state index in [0.717, 1.165) is 5.56 Å². The van der Waals surface area contributed by atoms with Gasteiger partial charge in [0.25, 0.3) is 0 Å². The van der Waals surface area contributed by atoms with Crippen molar-refractivity contribution < 1.29 is 8.42 Å². The van der Waals surface area contributed by atoms with Crippen LogP contribution in [-0.2, 0) is 10.0 Å². The lowest BCUT2D eigenvalue weighted by Crippen LogP contribution is -2.24. The molecule has 1 aromatic carbocycles. The number of sulfonamides is 1. The number of nitrogens with one attached hydrogen (secondary N) is 1. The largest absolute Gasteiger partial charge is 0.280 e. The van der Waals surface area contributed by atoms with Crippen LogP contribution in [-0.4, -0.2) is 13.7 Å². The summed E-state index contributed by atoms with van der Waals surface area (Å²) in [5.74, 6) is 0. The van der Waals surface area contributed by atoms with Crippen LogP contribution in [0.15, 0.2) is 21.1 Å². The van der Waals surface area contributed by atoms with Gasteiger partial charge in [0.2, 0.25) is 10.0 Å². The van der Waals surface area contributed by atoms with Crippen molar-refractivity contribution in [2.24, 2.45) is 0 Å². The zero-order valence-corrected chi connectivity index (χ0v) is 13.1. The molecule has 0 spiro atoms.